The molecule has 0 amide bonds. The zero-order valence-electron chi connectivity index (χ0n) is 12.5. The monoisotopic (exact) mass is 291 g/mol. The quantitative estimate of drug-likeness (QED) is 0.916. The number of hydrogen-bond acceptors (Lipinski definition) is 3. The van der Waals surface area contributed by atoms with Crippen LogP contribution in [0.25, 0.3) is 0 Å². The van der Waals surface area contributed by atoms with E-state index in [1.54, 1.807) is 0 Å². The van der Waals surface area contributed by atoms with Gasteiger partial charge in [-0.3, -0.25) is 0 Å². The third-order valence-electron chi connectivity index (χ3n) is 4.57. The number of nitrogens with one attached hydrogen (secondary N) is 1. The van der Waals surface area contributed by atoms with Crippen molar-refractivity contribution in [1.82, 2.24) is 5.32 Å². The zero-order chi connectivity index (χ0) is 13.9. The summed E-state index contributed by atoms with van der Waals surface area (Å²) < 4.78 is 6.05. The number of hydrogen-bond donors (Lipinski definition) is 1. The average molecular weight is 291 g/mol. The molecule has 1 aromatic rings. The van der Waals surface area contributed by atoms with Crippen molar-refractivity contribution in [3.05, 3.63) is 29.3 Å². The van der Waals surface area contributed by atoms with Crippen LogP contribution in [0.5, 0.6) is 5.75 Å². The van der Waals surface area contributed by atoms with E-state index in [-0.39, 0.29) is 0 Å². The number of benzene rings is 1. The molecule has 1 N–H and O–H groups in total. The SMILES string of the molecule is CSC1CCCCC1NCC1Cc2cc(C)ccc2O1. The summed E-state index contributed by atoms with van der Waals surface area (Å²) in [5.74, 6) is 1.09. The maximum Gasteiger partial charge on any atom is 0.123 e. The van der Waals surface area contributed by atoms with Crippen LogP contribution in [0, 0.1) is 6.92 Å². The summed E-state index contributed by atoms with van der Waals surface area (Å²) in [6, 6.07) is 7.20. The predicted octanol–water partition coefficient (Wildman–Crippen LogP) is 3.56. The Bertz CT molecular complexity index is 462. The van der Waals surface area contributed by atoms with Gasteiger partial charge in [0.25, 0.3) is 0 Å². The van der Waals surface area contributed by atoms with Gasteiger partial charge in [-0.15, -0.1) is 0 Å². The predicted molar refractivity (Wildman–Crippen MR) is 86.9 cm³/mol. The molecule has 1 saturated carbocycles. The Labute approximate surface area is 126 Å². The number of thioether (sulfide) groups is 1. The van der Waals surface area contributed by atoms with Crippen molar-refractivity contribution in [2.75, 3.05) is 12.8 Å². The molecule has 110 valence electrons. The van der Waals surface area contributed by atoms with E-state index in [1.165, 1.54) is 36.8 Å². The van der Waals surface area contributed by atoms with Gasteiger partial charge in [-0.25, -0.2) is 0 Å². The van der Waals surface area contributed by atoms with Gasteiger partial charge in [0.05, 0.1) is 0 Å². The Kier molecular flexibility index (Phi) is 4.57. The van der Waals surface area contributed by atoms with Crippen molar-refractivity contribution in [2.45, 2.75) is 56.4 Å². The summed E-state index contributed by atoms with van der Waals surface area (Å²) in [4.78, 5) is 0. The molecular formula is C17H25NOS. The molecule has 1 aliphatic carbocycles. The summed E-state index contributed by atoms with van der Waals surface area (Å²) >= 11 is 2.02. The van der Waals surface area contributed by atoms with Crippen LogP contribution in [0.1, 0.15) is 36.8 Å². The van der Waals surface area contributed by atoms with E-state index in [0.717, 1.165) is 24.0 Å². The molecule has 0 bridgehead atoms. The van der Waals surface area contributed by atoms with Crippen LogP contribution in [0.2, 0.25) is 0 Å². The molecule has 2 nitrogen and oxygen atoms in total. The summed E-state index contributed by atoms with van der Waals surface area (Å²) in [5.41, 5.74) is 2.71. The smallest absolute Gasteiger partial charge is 0.123 e. The van der Waals surface area contributed by atoms with Crippen LogP contribution in [0.4, 0.5) is 0 Å². The van der Waals surface area contributed by atoms with Crippen molar-refractivity contribution in [2.24, 2.45) is 0 Å². The van der Waals surface area contributed by atoms with Gasteiger partial charge in [0.2, 0.25) is 0 Å². The van der Waals surface area contributed by atoms with Crippen LogP contribution in [0.15, 0.2) is 18.2 Å². The lowest BCUT2D eigenvalue weighted by atomic mass is 9.94. The summed E-state index contributed by atoms with van der Waals surface area (Å²) in [6.07, 6.45) is 9.08. The highest BCUT2D eigenvalue weighted by atomic mass is 32.2. The van der Waals surface area contributed by atoms with Gasteiger partial charge in [-0.2, -0.15) is 11.8 Å². The van der Waals surface area contributed by atoms with Gasteiger partial charge in [-0.1, -0.05) is 30.5 Å². The van der Waals surface area contributed by atoms with Crippen molar-refractivity contribution >= 4 is 11.8 Å². The van der Waals surface area contributed by atoms with Crippen LogP contribution in [0.3, 0.4) is 0 Å². The van der Waals surface area contributed by atoms with E-state index in [0.29, 0.717) is 12.1 Å². The number of aryl methyl sites for hydroxylation is 1. The van der Waals surface area contributed by atoms with Crippen LogP contribution in [-0.4, -0.2) is 30.2 Å². The minimum Gasteiger partial charge on any atom is -0.488 e. The maximum absolute atomic E-state index is 6.05. The van der Waals surface area contributed by atoms with E-state index in [2.05, 4.69) is 36.7 Å². The van der Waals surface area contributed by atoms with Gasteiger partial charge < -0.3 is 10.1 Å². The number of rotatable bonds is 4. The van der Waals surface area contributed by atoms with E-state index < -0.39 is 0 Å². The average Bonchev–Trinajstić information content (AvgIpc) is 2.87. The zero-order valence-corrected chi connectivity index (χ0v) is 13.3. The van der Waals surface area contributed by atoms with Crippen molar-refractivity contribution in [3.8, 4) is 5.75 Å². The van der Waals surface area contributed by atoms with Gasteiger partial charge in [0.15, 0.2) is 0 Å². The normalized spacial score (nSPS) is 29.0. The lowest BCUT2D eigenvalue weighted by molar-refractivity contribution is 0.215. The number of fused-ring (bicyclic) bond motifs is 1. The van der Waals surface area contributed by atoms with Crippen molar-refractivity contribution in [3.63, 3.8) is 0 Å². The molecule has 3 rings (SSSR count). The first-order valence-electron chi connectivity index (χ1n) is 7.78. The molecule has 0 spiro atoms. The molecule has 0 saturated heterocycles. The largest absolute Gasteiger partial charge is 0.488 e. The lowest BCUT2D eigenvalue weighted by Gasteiger charge is -2.31. The third kappa shape index (κ3) is 3.15. The molecule has 1 aliphatic heterocycles. The van der Waals surface area contributed by atoms with Gasteiger partial charge in [0, 0.05) is 24.3 Å². The second-order valence-corrected chi connectivity index (χ2v) is 7.21. The standard InChI is InChI=1S/C17H25NOS/c1-12-7-8-16-13(9-12)10-14(19-16)11-18-15-5-3-4-6-17(15)20-2/h7-9,14-15,17-18H,3-6,10-11H2,1-2H3. The minimum atomic E-state index is 0.316. The van der Waals surface area contributed by atoms with Gasteiger partial charge >= 0.3 is 0 Å². The number of ether oxygens (including phenoxy) is 1. The summed E-state index contributed by atoms with van der Waals surface area (Å²) in [7, 11) is 0. The van der Waals surface area contributed by atoms with Crippen LogP contribution < -0.4 is 10.1 Å². The van der Waals surface area contributed by atoms with E-state index >= 15 is 0 Å². The highest BCUT2D eigenvalue weighted by Gasteiger charge is 2.27. The Morgan fingerprint density at radius 1 is 1.30 bits per heavy atom. The molecule has 3 atom stereocenters. The Morgan fingerprint density at radius 2 is 2.15 bits per heavy atom. The maximum atomic E-state index is 6.05. The summed E-state index contributed by atoms with van der Waals surface area (Å²) in [6.45, 7) is 3.13. The van der Waals surface area contributed by atoms with E-state index in [4.69, 9.17) is 4.74 Å². The van der Waals surface area contributed by atoms with E-state index in [9.17, 15) is 0 Å². The van der Waals surface area contributed by atoms with Crippen LogP contribution >= 0.6 is 11.8 Å². The summed E-state index contributed by atoms with van der Waals surface area (Å²) in [5, 5.41) is 4.55. The molecule has 0 radical (unpaired) electrons. The molecule has 3 heteroatoms. The first-order valence-corrected chi connectivity index (χ1v) is 9.07. The fraction of sp³-hybridized carbons (Fsp3) is 0.647. The first-order chi connectivity index (χ1) is 9.76. The fourth-order valence-corrected chi connectivity index (χ4v) is 4.42. The second kappa shape index (κ2) is 6.40. The van der Waals surface area contributed by atoms with Gasteiger partial charge in [-0.05, 0) is 37.7 Å². The molecular weight excluding hydrogens is 266 g/mol. The van der Waals surface area contributed by atoms with Gasteiger partial charge in [0.1, 0.15) is 11.9 Å². The Balaban J connectivity index is 1.53. The van der Waals surface area contributed by atoms with Crippen LogP contribution in [-0.2, 0) is 6.42 Å². The third-order valence-corrected chi connectivity index (χ3v) is 5.74. The minimum absolute atomic E-state index is 0.316. The molecule has 2 aliphatic rings. The van der Waals surface area contributed by atoms with E-state index in [1.807, 2.05) is 11.8 Å². The molecule has 1 heterocycles. The molecule has 0 aromatic heterocycles. The fourth-order valence-electron chi connectivity index (χ4n) is 3.46. The van der Waals surface area contributed by atoms with Crippen molar-refractivity contribution in [1.29, 1.82) is 0 Å². The highest BCUT2D eigenvalue weighted by molar-refractivity contribution is 7.99. The van der Waals surface area contributed by atoms with Crippen molar-refractivity contribution < 1.29 is 4.74 Å². The molecule has 1 fully saturated rings. The molecule has 1 aromatic carbocycles. The Hall–Kier alpha value is -0.670. The topological polar surface area (TPSA) is 21.3 Å². The highest BCUT2D eigenvalue weighted by Crippen LogP contribution is 2.30. The Morgan fingerprint density at radius 3 is 3.00 bits per heavy atom. The lowest BCUT2D eigenvalue weighted by Crippen LogP contribution is -2.44. The second-order valence-electron chi connectivity index (χ2n) is 6.13. The first kappa shape index (κ1) is 14.3. The molecule has 20 heavy (non-hydrogen) atoms. The molecule has 3 unspecified atom stereocenters.